The van der Waals surface area contributed by atoms with Gasteiger partial charge < -0.3 is 20.1 Å². The van der Waals surface area contributed by atoms with E-state index in [0.717, 1.165) is 25.7 Å². The van der Waals surface area contributed by atoms with Gasteiger partial charge in [0, 0.05) is 25.3 Å². The molecule has 7 heteroatoms. The van der Waals surface area contributed by atoms with Gasteiger partial charge in [0.2, 0.25) is 5.91 Å². The lowest BCUT2D eigenvalue weighted by Crippen LogP contribution is -2.37. The minimum absolute atomic E-state index is 0.0270. The second-order valence-corrected chi connectivity index (χ2v) is 6.38. The molecule has 0 saturated heterocycles. The predicted octanol–water partition coefficient (Wildman–Crippen LogP) is 2.12. The van der Waals surface area contributed by atoms with E-state index in [1.165, 1.54) is 14.0 Å². The molecule has 2 amide bonds. The number of methoxy groups -OCH3 is 1. The fraction of sp³-hybridized carbons (Fsp3) is 0.526. The Bertz CT molecular complexity index is 623. The molecule has 1 saturated carbocycles. The van der Waals surface area contributed by atoms with Crippen LogP contribution < -0.4 is 10.6 Å². The maximum absolute atomic E-state index is 12.1. The zero-order valence-electron chi connectivity index (χ0n) is 15.2. The molecule has 1 fully saturated rings. The number of hydrogen-bond donors (Lipinski definition) is 2. The van der Waals surface area contributed by atoms with Gasteiger partial charge in [0.1, 0.15) is 0 Å². The molecule has 1 aromatic carbocycles. The SMILES string of the molecule is COCCNC(=O)C(C)OC(=O)c1ccc(NC(=O)C2CCCC2)cc1. The Hall–Kier alpha value is -2.41. The third-order valence-electron chi connectivity index (χ3n) is 4.37. The maximum atomic E-state index is 12.1. The van der Waals surface area contributed by atoms with Crippen molar-refractivity contribution in [1.82, 2.24) is 5.32 Å². The number of nitrogens with one attached hydrogen (secondary N) is 2. The Labute approximate surface area is 153 Å². The van der Waals surface area contributed by atoms with Crippen molar-refractivity contribution in [3.8, 4) is 0 Å². The van der Waals surface area contributed by atoms with Crippen LogP contribution in [0.1, 0.15) is 43.0 Å². The van der Waals surface area contributed by atoms with Crippen LogP contribution in [0.5, 0.6) is 0 Å². The molecule has 2 rings (SSSR count). The number of amides is 2. The largest absolute Gasteiger partial charge is 0.449 e. The number of benzene rings is 1. The summed E-state index contributed by atoms with van der Waals surface area (Å²) in [5.74, 6) is -0.861. The fourth-order valence-electron chi connectivity index (χ4n) is 2.82. The maximum Gasteiger partial charge on any atom is 0.338 e. The molecule has 0 radical (unpaired) electrons. The van der Waals surface area contributed by atoms with Gasteiger partial charge in [-0.3, -0.25) is 9.59 Å². The molecule has 0 heterocycles. The molecule has 1 atom stereocenters. The average Bonchev–Trinajstić information content (AvgIpc) is 3.17. The van der Waals surface area contributed by atoms with Crippen molar-refractivity contribution in [2.75, 3.05) is 25.6 Å². The standard InChI is InChI=1S/C19H26N2O5/c1-13(17(22)20-11-12-25-2)26-19(24)15-7-9-16(10-8-15)21-18(23)14-5-3-4-6-14/h7-10,13-14H,3-6,11-12H2,1-2H3,(H,20,22)(H,21,23). The Morgan fingerprint density at radius 2 is 1.81 bits per heavy atom. The molecule has 0 aromatic heterocycles. The van der Waals surface area contributed by atoms with Crippen LogP contribution in [0, 0.1) is 5.92 Å². The van der Waals surface area contributed by atoms with Crippen LogP contribution in [0.2, 0.25) is 0 Å². The first-order valence-corrected chi connectivity index (χ1v) is 8.90. The Morgan fingerprint density at radius 1 is 1.15 bits per heavy atom. The number of carbonyl (C=O) groups is 3. The summed E-state index contributed by atoms with van der Waals surface area (Å²) >= 11 is 0. The van der Waals surface area contributed by atoms with Crippen LogP contribution >= 0.6 is 0 Å². The van der Waals surface area contributed by atoms with Gasteiger partial charge in [-0.05, 0) is 44.0 Å². The van der Waals surface area contributed by atoms with Gasteiger partial charge in [-0.2, -0.15) is 0 Å². The molecular formula is C19H26N2O5. The fourth-order valence-corrected chi connectivity index (χ4v) is 2.82. The van der Waals surface area contributed by atoms with Crippen molar-refractivity contribution in [2.24, 2.45) is 5.92 Å². The average molecular weight is 362 g/mol. The van der Waals surface area contributed by atoms with Crippen LogP contribution in [0.4, 0.5) is 5.69 Å². The number of anilines is 1. The van der Waals surface area contributed by atoms with E-state index >= 15 is 0 Å². The number of esters is 1. The minimum atomic E-state index is -0.902. The molecule has 2 N–H and O–H groups in total. The predicted molar refractivity (Wildman–Crippen MR) is 96.8 cm³/mol. The third kappa shape index (κ3) is 5.84. The van der Waals surface area contributed by atoms with Crippen molar-refractivity contribution < 1.29 is 23.9 Å². The normalized spacial score (nSPS) is 15.3. The molecule has 26 heavy (non-hydrogen) atoms. The van der Waals surface area contributed by atoms with Crippen molar-refractivity contribution in [2.45, 2.75) is 38.7 Å². The van der Waals surface area contributed by atoms with Crippen LogP contribution in [-0.2, 0) is 19.1 Å². The molecule has 0 aliphatic heterocycles. The number of carbonyl (C=O) groups excluding carboxylic acids is 3. The zero-order valence-corrected chi connectivity index (χ0v) is 15.2. The molecule has 0 spiro atoms. The third-order valence-corrected chi connectivity index (χ3v) is 4.37. The first-order chi connectivity index (χ1) is 12.5. The quantitative estimate of drug-likeness (QED) is 0.546. The van der Waals surface area contributed by atoms with E-state index in [0.29, 0.717) is 24.4 Å². The summed E-state index contributed by atoms with van der Waals surface area (Å²) in [5.41, 5.74) is 0.962. The summed E-state index contributed by atoms with van der Waals surface area (Å²) in [7, 11) is 1.54. The van der Waals surface area contributed by atoms with Gasteiger partial charge in [0.15, 0.2) is 6.10 Å². The van der Waals surface area contributed by atoms with E-state index in [-0.39, 0.29) is 17.7 Å². The van der Waals surface area contributed by atoms with Crippen molar-refractivity contribution in [1.29, 1.82) is 0 Å². The van der Waals surface area contributed by atoms with E-state index in [9.17, 15) is 14.4 Å². The van der Waals surface area contributed by atoms with E-state index in [1.54, 1.807) is 24.3 Å². The summed E-state index contributed by atoms with van der Waals surface area (Å²) in [6.45, 7) is 2.25. The second-order valence-electron chi connectivity index (χ2n) is 6.38. The first-order valence-electron chi connectivity index (χ1n) is 8.90. The molecule has 142 valence electrons. The van der Waals surface area contributed by atoms with Crippen molar-refractivity contribution >= 4 is 23.5 Å². The second kappa shape index (κ2) is 9.91. The van der Waals surface area contributed by atoms with Gasteiger partial charge in [-0.15, -0.1) is 0 Å². The van der Waals surface area contributed by atoms with Gasteiger partial charge in [0.05, 0.1) is 12.2 Å². The van der Waals surface area contributed by atoms with Crippen LogP contribution in [0.15, 0.2) is 24.3 Å². The van der Waals surface area contributed by atoms with Gasteiger partial charge in [-0.25, -0.2) is 4.79 Å². The number of ether oxygens (including phenoxy) is 2. The monoisotopic (exact) mass is 362 g/mol. The molecule has 1 aliphatic rings. The molecular weight excluding hydrogens is 336 g/mol. The van der Waals surface area contributed by atoms with Gasteiger partial charge in [0.25, 0.3) is 5.91 Å². The lowest BCUT2D eigenvalue weighted by atomic mass is 10.1. The van der Waals surface area contributed by atoms with Crippen molar-refractivity contribution in [3.63, 3.8) is 0 Å². The summed E-state index contributed by atoms with van der Waals surface area (Å²) in [6.07, 6.45) is 3.16. The highest BCUT2D eigenvalue weighted by atomic mass is 16.5. The first kappa shape index (κ1) is 19.9. The highest BCUT2D eigenvalue weighted by Gasteiger charge is 2.23. The van der Waals surface area contributed by atoms with Gasteiger partial charge in [-0.1, -0.05) is 12.8 Å². The van der Waals surface area contributed by atoms with Gasteiger partial charge >= 0.3 is 5.97 Å². The number of hydrogen-bond acceptors (Lipinski definition) is 5. The van der Waals surface area contributed by atoms with Crippen LogP contribution in [-0.4, -0.2) is 44.1 Å². The van der Waals surface area contributed by atoms with E-state index in [2.05, 4.69) is 10.6 Å². The van der Waals surface area contributed by atoms with E-state index in [1.807, 2.05) is 0 Å². The van der Waals surface area contributed by atoms with E-state index < -0.39 is 12.1 Å². The summed E-state index contributed by atoms with van der Waals surface area (Å²) in [4.78, 5) is 36.0. The summed E-state index contributed by atoms with van der Waals surface area (Å²) in [6, 6.07) is 6.46. The Kier molecular flexibility index (Phi) is 7.59. The Balaban J connectivity index is 1.83. The lowest BCUT2D eigenvalue weighted by molar-refractivity contribution is -0.129. The summed E-state index contributed by atoms with van der Waals surface area (Å²) in [5, 5.41) is 5.48. The van der Waals surface area contributed by atoms with Crippen molar-refractivity contribution in [3.05, 3.63) is 29.8 Å². The van der Waals surface area contributed by atoms with Crippen LogP contribution in [0.25, 0.3) is 0 Å². The van der Waals surface area contributed by atoms with Crippen LogP contribution in [0.3, 0.4) is 0 Å². The molecule has 0 bridgehead atoms. The molecule has 1 aliphatic carbocycles. The summed E-state index contributed by atoms with van der Waals surface area (Å²) < 4.78 is 9.99. The molecule has 1 unspecified atom stereocenters. The molecule has 7 nitrogen and oxygen atoms in total. The lowest BCUT2D eigenvalue weighted by Gasteiger charge is -2.14. The molecule has 1 aromatic rings. The van der Waals surface area contributed by atoms with E-state index in [4.69, 9.17) is 9.47 Å². The topological polar surface area (TPSA) is 93.7 Å². The minimum Gasteiger partial charge on any atom is -0.449 e. The smallest absolute Gasteiger partial charge is 0.338 e. The number of rotatable bonds is 8. The zero-order chi connectivity index (χ0) is 18.9. The highest BCUT2D eigenvalue weighted by molar-refractivity contribution is 5.95. The Morgan fingerprint density at radius 3 is 2.42 bits per heavy atom. The highest BCUT2D eigenvalue weighted by Crippen LogP contribution is 2.26.